The zero-order valence-corrected chi connectivity index (χ0v) is 7.22. The second-order valence-corrected chi connectivity index (χ2v) is 3.53. The van der Waals surface area contributed by atoms with Crippen LogP contribution < -0.4 is 5.73 Å². The van der Waals surface area contributed by atoms with Gasteiger partial charge in [0.1, 0.15) is 0 Å². The van der Waals surface area contributed by atoms with E-state index in [1.165, 1.54) is 0 Å². The van der Waals surface area contributed by atoms with E-state index in [9.17, 15) is 0 Å². The summed E-state index contributed by atoms with van der Waals surface area (Å²) in [6, 6.07) is 0.377. The average molecular weight is 142 g/mol. The lowest BCUT2D eigenvalue weighted by Crippen LogP contribution is -2.49. The first-order chi connectivity index (χ1) is 4.61. The van der Waals surface area contributed by atoms with Crippen LogP contribution in [-0.4, -0.2) is 30.1 Å². The van der Waals surface area contributed by atoms with Gasteiger partial charge in [0.25, 0.3) is 0 Å². The van der Waals surface area contributed by atoms with Gasteiger partial charge in [-0.05, 0) is 33.4 Å². The molecule has 10 heavy (non-hydrogen) atoms. The molecule has 0 aromatic heterocycles. The van der Waals surface area contributed by atoms with E-state index in [0.29, 0.717) is 6.04 Å². The first-order valence-electron chi connectivity index (χ1n) is 4.08. The maximum absolute atomic E-state index is 5.97. The number of rotatable bonds is 1. The molecular formula is C8H18N2. The highest BCUT2D eigenvalue weighted by Gasteiger charge is 2.38. The molecule has 0 spiro atoms. The Hall–Kier alpha value is -0.0800. The average Bonchev–Trinajstić information content (AvgIpc) is 2.18. The van der Waals surface area contributed by atoms with Crippen LogP contribution in [-0.2, 0) is 0 Å². The fraction of sp³-hybridized carbons (Fsp3) is 1.00. The quantitative estimate of drug-likeness (QED) is 0.587. The minimum Gasteiger partial charge on any atom is -0.326 e. The van der Waals surface area contributed by atoms with Gasteiger partial charge in [-0.3, -0.25) is 4.90 Å². The Morgan fingerprint density at radius 1 is 1.70 bits per heavy atom. The molecule has 0 saturated carbocycles. The Labute approximate surface area is 63.4 Å². The maximum Gasteiger partial charge on any atom is 0.0327 e. The maximum atomic E-state index is 5.97. The van der Waals surface area contributed by atoms with Gasteiger partial charge in [0.2, 0.25) is 0 Å². The third-order valence-electron chi connectivity index (χ3n) is 3.16. The van der Waals surface area contributed by atoms with E-state index in [4.69, 9.17) is 5.73 Å². The summed E-state index contributed by atoms with van der Waals surface area (Å²) < 4.78 is 0. The Balaban J connectivity index is 2.70. The lowest BCUT2D eigenvalue weighted by Gasteiger charge is -2.34. The summed E-state index contributed by atoms with van der Waals surface area (Å²) in [7, 11) is 2.16. The molecule has 0 bridgehead atoms. The molecule has 1 aliphatic heterocycles. The van der Waals surface area contributed by atoms with Crippen molar-refractivity contribution in [1.29, 1.82) is 0 Å². The molecule has 2 heteroatoms. The van der Waals surface area contributed by atoms with Crippen molar-refractivity contribution < 1.29 is 0 Å². The molecule has 2 atom stereocenters. The van der Waals surface area contributed by atoms with Crippen LogP contribution >= 0.6 is 0 Å². The van der Waals surface area contributed by atoms with Crippen molar-refractivity contribution in [3.05, 3.63) is 0 Å². The number of likely N-dealkylation sites (N-methyl/N-ethyl adjacent to an activating group) is 1. The number of nitrogens with two attached hydrogens (primary N) is 1. The van der Waals surface area contributed by atoms with E-state index in [2.05, 4.69) is 25.8 Å². The molecule has 0 aromatic rings. The first kappa shape index (κ1) is 8.02. The van der Waals surface area contributed by atoms with Crippen molar-refractivity contribution in [3.8, 4) is 0 Å². The standard InChI is InChI=1S/C8H18N2/c1-4-8(2)7(9)5-6-10(8)3/h7H,4-6,9H2,1-3H3. The Kier molecular flexibility index (Phi) is 2.02. The van der Waals surface area contributed by atoms with Crippen molar-refractivity contribution in [2.45, 2.75) is 38.3 Å². The van der Waals surface area contributed by atoms with Crippen LogP contribution in [0.3, 0.4) is 0 Å². The molecule has 0 aliphatic carbocycles. The summed E-state index contributed by atoms with van der Waals surface area (Å²) in [5, 5.41) is 0. The van der Waals surface area contributed by atoms with Gasteiger partial charge in [0, 0.05) is 11.6 Å². The molecule has 0 amide bonds. The second kappa shape index (κ2) is 2.51. The summed E-state index contributed by atoms with van der Waals surface area (Å²) in [5.41, 5.74) is 6.24. The smallest absolute Gasteiger partial charge is 0.0327 e. The minimum absolute atomic E-state index is 0.264. The number of hydrogen-bond donors (Lipinski definition) is 1. The molecule has 1 rings (SSSR count). The topological polar surface area (TPSA) is 29.3 Å². The Morgan fingerprint density at radius 2 is 2.30 bits per heavy atom. The monoisotopic (exact) mass is 142 g/mol. The van der Waals surface area contributed by atoms with Gasteiger partial charge in [0.05, 0.1) is 0 Å². The molecule has 1 heterocycles. The Bertz CT molecular complexity index is 112. The van der Waals surface area contributed by atoms with E-state index in [0.717, 1.165) is 19.4 Å². The highest BCUT2D eigenvalue weighted by molar-refractivity contribution is 4.98. The first-order valence-corrected chi connectivity index (χ1v) is 4.08. The zero-order valence-electron chi connectivity index (χ0n) is 7.22. The lowest BCUT2D eigenvalue weighted by molar-refractivity contribution is 0.174. The third-order valence-corrected chi connectivity index (χ3v) is 3.16. The molecular weight excluding hydrogens is 124 g/mol. The van der Waals surface area contributed by atoms with Crippen LogP contribution in [0.1, 0.15) is 26.7 Å². The van der Waals surface area contributed by atoms with Gasteiger partial charge < -0.3 is 5.73 Å². The van der Waals surface area contributed by atoms with Crippen LogP contribution in [0.5, 0.6) is 0 Å². The van der Waals surface area contributed by atoms with Crippen LogP contribution in [0.15, 0.2) is 0 Å². The van der Waals surface area contributed by atoms with Crippen LogP contribution in [0, 0.1) is 0 Å². The number of likely N-dealkylation sites (tertiary alicyclic amines) is 1. The van der Waals surface area contributed by atoms with Crippen molar-refractivity contribution >= 4 is 0 Å². The Morgan fingerprint density at radius 3 is 2.50 bits per heavy atom. The third kappa shape index (κ3) is 0.956. The summed E-state index contributed by atoms with van der Waals surface area (Å²) in [4.78, 5) is 2.37. The molecule has 1 saturated heterocycles. The predicted molar refractivity (Wildman–Crippen MR) is 43.9 cm³/mol. The minimum atomic E-state index is 0.264. The van der Waals surface area contributed by atoms with Gasteiger partial charge in [-0.2, -0.15) is 0 Å². The van der Waals surface area contributed by atoms with Gasteiger partial charge >= 0.3 is 0 Å². The SMILES string of the molecule is CCC1(C)C(N)CCN1C. The summed E-state index contributed by atoms with van der Waals surface area (Å²) in [6.07, 6.45) is 2.31. The molecule has 2 unspecified atom stereocenters. The van der Waals surface area contributed by atoms with Gasteiger partial charge in [0.15, 0.2) is 0 Å². The number of nitrogens with zero attached hydrogens (tertiary/aromatic N) is 1. The molecule has 1 aliphatic rings. The van der Waals surface area contributed by atoms with Crippen molar-refractivity contribution in [2.75, 3.05) is 13.6 Å². The lowest BCUT2D eigenvalue weighted by atomic mass is 9.91. The van der Waals surface area contributed by atoms with E-state index >= 15 is 0 Å². The molecule has 2 nitrogen and oxygen atoms in total. The number of hydrogen-bond acceptors (Lipinski definition) is 2. The van der Waals surface area contributed by atoms with Crippen molar-refractivity contribution in [2.24, 2.45) is 5.73 Å². The zero-order chi connectivity index (χ0) is 7.78. The summed E-state index contributed by atoms with van der Waals surface area (Å²) in [5.74, 6) is 0. The van der Waals surface area contributed by atoms with E-state index in [1.54, 1.807) is 0 Å². The van der Waals surface area contributed by atoms with Gasteiger partial charge in [-0.1, -0.05) is 6.92 Å². The van der Waals surface area contributed by atoms with Gasteiger partial charge in [-0.25, -0.2) is 0 Å². The molecule has 2 N–H and O–H groups in total. The normalized spacial score (nSPS) is 42.6. The largest absolute Gasteiger partial charge is 0.326 e. The molecule has 0 radical (unpaired) electrons. The van der Waals surface area contributed by atoms with Crippen LogP contribution in [0.4, 0.5) is 0 Å². The van der Waals surface area contributed by atoms with Crippen LogP contribution in [0.2, 0.25) is 0 Å². The molecule has 60 valence electrons. The fourth-order valence-corrected chi connectivity index (χ4v) is 1.71. The molecule has 0 aromatic carbocycles. The van der Waals surface area contributed by atoms with E-state index in [-0.39, 0.29) is 5.54 Å². The molecule has 1 fully saturated rings. The fourth-order valence-electron chi connectivity index (χ4n) is 1.71. The van der Waals surface area contributed by atoms with Crippen molar-refractivity contribution in [3.63, 3.8) is 0 Å². The predicted octanol–water partition coefficient (Wildman–Crippen LogP) is 0.818. The van der Waals surface area contributed by atoms with E-state index in [1.807, 2.05) is 0 Å². The highest BCUT2D eigenvalue weighted by Crippen LogP contribution is 2.28. The highest BCUT2D eigenvalue weighted by atomic mass is 15.2. The van der Waals surface area contributed by atoms with E-state index < -0.39 is 0 Å². The van der Waals surface area contributed by atoms with Gasteiger partial charge in [-0.15, -0.1) is 0 Å². The second-order valence-electron chi connectivity index (χ2n) is 3.53. The summed E-state index contributed by atoms with van der Waals surface area (Å²) in [6.45, 7) is 5.62. The van der Waals surface area contributed by atoms with Crippen LogP contribution in [0.25, 0.3) is 0 Å². The summed E-state index contributed by atoms with van der Waals surface area (Å²) >= 11 is 0. The van der Waals surface area contributed by atoms with Crippen molar-refractivity contribution in [1.82, 2.24) is 4.90 Å².